The standard InChI is InChI=1S/C9H5FN2O2/c10-7-2-1-6(5-11)12-9(7)8(14)3-4-13/h1-2,4H,3H2. The number of hydrogen-bond donors (Lipinski definition) is 0. The molecular weight excluding hydrogens is 187 g/mol. The SMILES string of the molecule is N#Cc1ccc(F)c(C(=O)CC=O)n1. The van der Waals surface area contributed by atoms with E-state index in [0.29, 0.717) is 6.29 Å². The van der Waals surface area contributed by atoms with Crippen LogP contribution >= 0.6 is 0 Å². The molecule has 0 saturated heterocycles. The fourth-order valence-corrected chi connectivity index (χ4v) is 0.872. The quantitative estimate of drug-likeness (QED) is 0.404. The molecule has 0 aromatic carbocycles. The summed E-state index contributed by atoms with van der Waals surface area (Å²) in [6.07, 6.45) is -0.0682. The molecule has 0 amide bonds. The highest BCUT2D eigenvalue weighted by Gasteiger charge is 2.13. The smallest absolute Gasteiger partial charge is 0.191 e. The van der Waals surface area contributed by atoms with Crippen molar-refractivity contribution in [3.8, 4) is 6.07 Å². The summed E-state index contributed by atoms with van der Waals surface area (Å²) in [5.41, 5.74) is -0.517. The van der Waals surface area contributed by atoms with Gasteiger partial charge in [-0.25, -0.2) is 9.37 Å². The minimum absolute atomic E-state index is 0.0550. The van der Waals surface area contributed by atoms with Crippen LogP contribution in [-0.2, 0) is 4.79 Å². The number of halogens is 1. The van der Waals surface area contributed by atoms with Gasteiger partial charge < -0.3 is 4.79 Å². The molecular formula is C9H5FN2O2. The van der Waals surface area contributed by atoms with Crippen LogP contribution in [-0.4, -0.2) is 17.1 Å². The molecule has 1 rings (SSSR count). The van der Waals surface area contributed by atoms with Gasteiger partial charge in [0.15, 0.2) is 11.6 Å². The Morgan fingerprint density at radius 3 is 2.93 bits per heavy atom. The second kappa shape index (κ2) is 4.23. The summed E-state index contributed by atoms with van der Waals surface area (Å²) < 4.78 is 13.0. The first-order valence-corrected chi connectivity index (χ1v) is 3.72. The Morgan fingerprint density at radius 2 is 2.36 bits per heavy atom. The first-order chi connectivity index (χ1) is 6.69. The molecule has 0 atom stereocenters. The zero-order chi connectivity index (χ0) is 10.6. The number of aromatic nitrogens is 1. The third kappa shape index (κ3) is 1.98. The maximum atomic E-state index is 13.0. The molecule has 1 aromatic rings. The van der Waals surface area contributed by atoms with Gasteiger partial charge in [-0.3, -0.25) is 4.79 Å². The number of pyridine rings is 1. The highest BCUT2D eigenvalue weighted by molar-refractivity contribution is 6.01. The molecule has 70 valence electrons. The van der Waals surface area contributed by atoms with Crippen molar-refractivity contribution in [2.45, 2.75) is 6.42 Å². The largest absolute Gasteiger partial charge is 0.303 e. The van der Waals surface area contributed by atoms with E-state index in [1.807, 2.05) is 0 Å². The topological polar surface area (TPSA) is 70.8 Å². The van der Waals surface area contributed by atoms with Crippen LogP contribution < -0.4 is 0 Å². The number of Topliss-reactive ketones (excluding diaryl/α,β-unsaturated/α-hetero) is 1. The minimum atomic E-state index is -0.823. The average Bonchev–Trinajstić information content (AvgIpc) is 2.19. The summed E-state index contributed by atoms with van der Waals surface area (Å²) in [6, 6.07) is 3.81. The second-order valence-electron chi connectivity index (χ2n) is 2.43. The lowest BCUT2D eigenvalue weighted by Crippen LogP contribution is -2.07. The van der Waals surface area contributed by atoms with E-state index in [1.165, 1.54) is 0 Å². The lowest BCUT2D eigenvalue weighted by atomic mass is 10.2. The summed E-state index contributed by atoms with van der Waals surface area (Å²) >= 11 is 0. The van der Waals surface area contributed by atoms with Crippen molar-refractivity contribution in [2.24, 2.45) is 0 Å². The van der Waals surface area contributed by atoms with E-state index in [0.717, 1.165) is 12.1 Å². The van der Waals surface area contributed by atoms with E-state index in [9.17, 15) is 14.0 Å². The van der Waals surface area contributed by atoms with Crippen LogP contribution in [0, 0.1) is 17.1 Å². The summed E-state index contributed by atoms with van der Waals surface area (Å²) in [6.45, 7) is 0. The Hall–Kier alpha value is -2.09. The van der Waals surface area contributed by atoms with E-state index in [2.05, 4.69) is 4.98 Å². The molecule has 0 aliphatic carbocycles. The number of carbonyl (C=O) groups is 2. The van der Waals surface area contributed by atoms with E-state index in [1.54, 1.807) is 6.07 Å². The maximum absolute atomic E-state index is 13.0. The molecule has 0 radical (unpaired) electrons. The molecule has 0 aliphatic heterocycles. The number of hydrogen-bond acceptors (Lipinski definition) is 4. The molecule has 0 fully saturated rings. The number of nitrogens with zero attached hydrogens (tertiary/aromatic N) is 2. The fraction of sp³-hybridized carbons (Fsp3) is 0.111. The normalized spacial score (nSPS) is 9.14. The summed E-state index contributed by atoms with van der Waals surface area (Å²) in [4.78, 5) is 24.6. The number of ketones is 1. The molecule has 14 heavy (non-hydrogen) atoms. The number of carbonyl (C=O) groups excluding carboxylic acids is 2. The first kappa shape index (κ1) is 9.99. The Kier molecular flexibility index (Phi) is 3.02. The maximum Gasteiger partial charge on any atom is 0.191 e. The second-order valence-corrected chi connectivity index (χ2v) is 2.43. The van der Waals surface area contributed by atoms with Gasteiger partial charge in [-0.1, -0.05) is 0 Å². The molecule has 0 saturated carbocycles. The Bertz CT molecular complexity index is 423. The fourth-order valence-electron chi connectivity index (χ4n) is 0.872. The zero-order valence-electron chi connectivity index (χ0n) is 7.03. The highest BCUT2D eigenvalue weighted by atomic mass is 19.1. The van der Waals surface area contributed by atoms with Crippen molar-refractivity contribution in [1.29, 1.82) is 5.26 Å². The van der Waals surface area contributed by atoms with Gasteiger partial charge in [-0.15, -0.1) is 0 Å². The molecule has 4 nitrogen and oxygen atoms in total. The van der Waals surface area contributed by atoms with Gasteiger partial charge in [0.2, 0.25) is 0 Å². The highest BCUT2D eigenvalue weighted by Crippen LogP contribution is 2.07. The summed E-state index contributed by atoms with van der Waals surface area (Å²) in [5, 5.41) is 8.45. The van der Waals surface area contributed by atoms with Gasteiger partial charge >= 0.3 is 0 Å². The molecule has 0 aliphatic rings. The van der Waals surface area contributed by atoms with Gasteiger partial charge in [0.05, 0.1) is 6.42 Å². The molecule has 0 bridgehead atoms. The van der Waals surface area contributed by atoms with Crippen LogP contribution in [0.1, 0.15) is 22.6 Å². The van der Waals surface area contributed by atoms with E-state index in [-0.39, 0.29) is 5.69 Å². The minimum Gasteiger partial charge on any atom is -0.303 e. The van der Waals surface area contributed by atoms with Crippen molar-refractivity contribution < 1.29 is 14.0 Å². The van der Waals surface area contributed by atoms with Crippen LogP contribution in [0.25, 0.3) is 0 Å². The van der Waals surface area contributed by atoms with Crippen LogP contribution in [0.3, 0.4) is 0 Å². The van der Waals surface area contributed by atoms with Gasteiger partial charge in [-0.05, 0) is 12.1 Å². The third-order valence-corrected chi connectivity index (χ3v) is 1.49. The number of nitriles is 1. The van der Waals surface area contributed by atoms with Crippen molar-refractivity contribution in [3.05, 3.63) is 29.3 Å². The van der Waals surface area contributed by atoms with E-state index in [4.69, 9.17) is 5.26 Å². The third-order valence-electron chi connectivity index (χ3n) is 1.49. The molecule has 1 aromatic heterocycles. The summed E-state index contributed by atoms with van der Waals surface area (Å²) in [7, 11) is 0. The lowest BCUT2D eigenvalue weighted by Gasteiger charge is -1.98. The first-order valence-electron chi connectivity index (χ1n) is 3.72. The number of aldehydes is 1. The van der Waals surface area contributed by atoms with Crippen LogP contribution in [0.15, 0.2) is 12.1 Å². The van der Waals surface area contributed by atoms with Gasteiger partial charge in [0.25, 0.3) is 0 Å². The molecule has 0 unspecified atom stereocenters. The van der Waals surface area contributed by atoms with E-state index >= 15 is 0 Å². The monoisotopic (exact) mass is 192 g/mol. The lowest BCUT2D eigenvalue weighted by molar-refractivity contribution is -0.107. The Balaban J connectivity index is 3.13. The van der Waals surface area contributed by atoms with Crippen molar-refractivity contribution >= 4 is 12.1 Å². The zero-order valence-corrected chi connectivity index (χ0v) is 7.03. The van der Waals surface area contributed by atoms with Gasteiger partial charge in [0, 0.05) is 0 Å². The van der Waals surface area contributed by atoms with Crippen LogP contribution in [0.2, 0.25) is 0 Å². The molecule has 0 spiro atoms. The molecule has 5 heteroatoms. The Labute approximate surface area is 79.0 Å². The Morgan fingerprint density at radius 1 is 1.64 bits per heavy atom. The predicted molar refractivity (Wildman–Crippen MR) is 43.9 cm³/mol. The average molecular weight is 192 g/mol. The molecule has 0 N–H and O–H groups in total. The van der Waals surface area contributed by atoms with Gasteiger partial charge in [0.1, 0.15) is 23.7 Å². The van der Waals surface area contributed by atoms with Gasteiger partial charge in [-0.2, -0.15) is 5.26 Å². The van der Waals surface area contributed by atoms with E-state index < -0.39 is 23.7 Å². The van der Waals surface area contributed by atoms with Crippen molar-refractivity contribution in [1.82, 2.24) is 4.98 Å². The van der Waals surface area contributed by atoms with Crippen LogP contribution in [0.5, 0.6) is 0 Å². The number of rotatable bonds is 3. The predicted octanol–water partition coefficient (Wildman–Crippen LogP) is 0.864. The molecule has 1 heterocycles. The van der Waals surface area contributed by atoms with Crippen LogP contribution in [0.4, 0.5) is 4.39 Å². The van der Waals surface area contributed by atoms with Crippen molar-refractivity contribution in [2.75, 3.05) is 0 Å². The summed E-state index contributed by atoms with van der Waals surface area (Å²) in [5.74, 6) is -1.55. The van der Waals surface area contributed by atoms with Crippen molar-refractivity contribution in [3.63, 3.8) is 0 Å².